The molecular formula is C29H39N8O5P. The summed E-state index contributed by atoms with van der Waals surface area (Å²) in [4.78, 5) is 36.1. The third-order valence-electron chi connectivity index (χ3n) is 7.60. The molecule has 0 saturated carbocycles. The van der Waals surface area contributed by atoms with Crippen LogP contribution in [-0.4, -0.2) is 91.8 Å². The number of hydrogen-bond acceptors (Lipinski definition) is 10. The normalized spacial score (nSPS) is 24.6. The Morgan fingerprint density at radius 1 is 1.23 bits per heavy atom. The molecule has 2 aromatic heterocycles. The van der Waals surface area contributed by atoms with Crippen LogP contribution >= 0.6 is 8.53 Å². The molecule has 1 N–H and O–H groups in total. The van der Waals surface area contributed by atoms with Gasteiger partial charge in [0.2, 0.25) is 6.54 Å². The van der Waals surface area contributed by atoms with E-state index in [4.69, 9.17) is 25.2 Å². The highest BCUT2D eigenvalue weighted by atomic mass is 31.2. The van der Waals surface area contributed by atoms with E-state index in [0.717, 1.165) is 0 Å². The van der Waals surface area contributed by atoms with Gasteiger partial charge in [-0.25, -0.2) is 26.2 Å². The number of hydrogen-bond donors (Lipinski definition) is 1. The molecule has 2 bridgehead atoms. The van der Waals surface area contributed by atoms with Crippen LogP contribution in [0.25, 0.3) is 16.0 Å². The first-order chi connectivity index (χ1) is 20.7. The maximum Gasteiger partial charge on any atom is 0.259 e. The summed E-state index contributed by atoms with van der Waals surface area (Å²) in [5.41, 5.74) is 0.729. The molecule has 0 aliphatic carbocycles. The molecule has 3 aromatic rings. The van der Waals surface area contributed by atoms with Crippen molar-refractivity contribution in [1.29, 1.82) is 0 Å². The minimum Gasteiger partial charge on any atom is -0.344 e. The van der Waals surface area contributed by atoms with E-state index in [1.807, 2.05) is 17.7 Å². The third-order valence-corrected chi connectivity index (χ3v) is 9.71. The van der Waals surface area contributed by atoms with Crippen LogP contribution in [0.1, 0.15) is 57.6 Å². The predicted octanol–water partition coefficient (Wildman–Crippen LogP) is 4.67. The second-order valence-electron chi connectivity index (χ2n) is 11.2. The third kappa shape index (κ3) is 6.28. The zero-order valence-electron chi connectivity index (χ0n) is 25.4. The van der Waals surface area contributed by atoms with E-state index in [2.05, 4.69) is 64.4 Å². The van der Waals surface area contributed by atoms with Crippen molar-refractivity contribution in [2.75, 3.05) is 32.1 Å². The number of benzene rings is 1. The first-order valence-electron chi connectivity index (χ1n) is 14.5. The Morgan fingerprint density at radius 2 is 1.98 bits per heavy atom. The van der Waals surface area contributed by atoms with Gasteiger partial charge in [-0.3, -0.25) is 14.2 Å². The van der Waals surface area contributed by atoms with Crippen molar-refractivity contribution >= 4 is 31.4 Å². The number of nitrogens with one attached hydrogen (secondary N) is 1. The van der Waals surface area contributed by atoms with Gasteiger partial charge in [0.15, 0.2) is 29.3 Å². The van der Waals surface area contributed by atoms with Gasteiger partial charge in [-0.05, 0) is 46.2 Å². The predicted molar refractivity (Wildman–Crippen MR) is 162 cm³/mol. The lowest BCUT2D eigenvalue weighted by atomic mass is 9.91. The highest BCUT2D eigenvalue weighted by molar-refractivity contribution is 7.44. The fourth-order valence-electron chi connectivity index (χ4n) is 5.73. The zero-order valence-corrected chi connectivity index (χ0v) is 26.3. The van der Waals surface area contributed by atoms with Crippen LogP contribution in [0.3, 0.4) is 0 Å². The molecule has 1 amide bonds. The number of carbonyl (C=O) groups is 1. The van der Waals surface area contributed by atoms with Crippen LogP contribution in [0.15, 0.2) is 43.0 Å². The number of rotatable bonds is 12. The van der Waals surface area contributed by atoms with Crippen LogP contribution in [-0.2, 0) is 18.6 Å². The average molecular weight is 611 g/mol. The second-order valence-corrected chi connectivity index (χ2v) is 12.6. The minimum absolute atomic E-state index is 0.150. The summed E-state index contributed by atoms with van der Waals surface area (Å²) in [7, 11) is 0.346. The van der Waals surface area contributed by atoms with E-state index < -0.39 is 32.6 Å². The van der Waals surface area contributed by atoms with Crippen molar-refractivity contribution in [2.24, 2.45) is 0 Å². The van der Waals surface area contributed by atoms with Gasteiger partial charge in [0.1, 0.15) is 24.6 Å². The Labute approximate surface area is 253 Å². The van der Waals surface area contributed by atoms with Gasteiger partial charge in [0.05, 0.1) is 12.9 Å². The van der Waals surface area contributed by atoms with E-state index in [9.17, 15) is 4.79 Å². The molecule has 5 atom stereocenters. The number of nitrogens with zero attached hydrogens (tertiary/aromatic N) is 7. The highest BCUT2D eigenvalue weighted by Gasteiger charge is 2.62. The van der Waals surface area contributed by atoms with Gasteiger partial charge in [0.25, 0.3) is 14.4 Å². The van der Waals surface area contributed by atoms with Crippen LogP contribution in [0.2, 0.25) is 0 Å². The number of amides is 1. The summed E-state index contributed by atoms with van der Waals surface area (Å²) in [6.07, 6.45) is 2.03. The van der Waals surface area contributed by atoms with Gasteiger partial charge < -0.3 is 23.9 Å². The SMILES string of the molecule is [C-]#[N+]CCOP(O[C@@H]1C2ON(C)C[C@]1(CC)O[C@H]2n1cnc2c(NC(=O)c3ccccc3)ncnc21)N(C(C)C)C(C)C. The van der Waals surface area contributed by atoms with Gasteiger partial charge >= 0.3 is 0 Å². The van der Waals surface area contributed by atoms with Gasteiger partial charge in [0, 0.05) is 24.7 Å². The molecule has 2 fully saturated rings. The molecule has 2 saturated heterocycles. The maximum atomic E-state index is 12.9. The summed E-state index contributed by atoms with van der Waals surface area (Å²) >= 11 is 0. The largest absolute Gasteiger partial charge is 0.344 e. The van der Waals surface area contributed by atoms with E-state index in [0.29, 0.717) is 35.5 Å². The molecule has 0 radical (unpaired) electrons. The van der Waals surface area contributed by atoms with E-state index >= 15 is 0 Å². The number of ether oxygens (including phenoxy) is 1. The molecular weight excluding hydrogens is 571 g/mol. The summed E-state index contributed by atoms with van der Waals surface area (Å²) in [5, 5.41) is 4.65. The average Bonchev–Trinajstić information content (AvgIpc) is 3.48. The van der Waals surface area contributed by atoms with E-state index in [1.54, 1.807) is 35.7 Å². The Hall–Kier alpha value is -3.08. The number of hydroxylamine groups is 2. The molecule has 43 heavy (non-hydrogen) atoms. The minimum atomic E-state index is -1.54. The Morgan fingerprint density at radius 3 is 2.65 bits per heavy atom. The monoisotopic (exact) mass is 610 g/mol. The van der Waals surface area contributed by atoms with E-state index in [-0.39, 0.29) is 31.1 Å². The van der Waals surface area contributed by atoms with Gasteiger partial charge in [-0.2, -0.15) is 5.06 Å². The fourth-order valence-corrected chi connectivity index (χ4v) is 7.53. The van der Waals surface area contributed by atoms with Crippen LogP contribution in [0.4, 0.5) is 5.82 Å². The summed E-state index contributed by atoms with van der Waals surface area (Å²) in [6.45, 7) is 18.7. The molecule has 230 valence electrons. The lowest BCUT2D eigenvalue weighted by Crippen LogP contribution is -2.57. The number of imidazole rings is 1. The Bertz CT molecular complexity index is 1440. The lowest BCUT2D eigenvalue weighted by Gasteiger charge is -2.44. The molecule has 5 rings (SSSR count). The smallest absolute Gasteiger partial charge is 0.259 e. The molecule has 14 heteroatoms. The lowest BCUT2D eigenvalue weighted by molar-refractivity contribution is -0.248. The molecule has 2 unspecified atom stereocenters. The number of anilines is 1. The number of carbonyl (C=O) groups excluding carboxylic acids is 1. The number of fused-ring (bicyclic) bond motifs is 3. The molecule has 2 aliphatic heterocycles. The molecule has 13 nitrogen and oxygen atoms in total. The quantitative estimate of drug-likeness (QED) is 0.176. The first kappa shape index (κ1) is 31.3. The fraction of sp³-hybridized carbons (Fsp3) is 0.552. The van der Waals surface area contributed by atoms with Crippen molar-refractivity contribution in [3.8, 4) is 0 Å². The molecule has 1 aromatic carbocycles. The molecule has 2 aliphatic rings. The van der Waals surface area contributed by atoms with E-state index in [1.165, 1.54) is 6.33 Å². The van der Waals surface area contributed by atoms with Crippen molar-refractivity contribution in [2.45, 2.75) is 77.2 Å². The topological polar surface area (TPSA) is 120 Å². The Balaban J connectivity index is 1.47. The van der Waals surface area contributed by atoms with Gasteiger partial charge in [-0.15, -0.1) is 0 Å². The van der Waals surface area contributed by atoms with Crippen LogP contribution in [0, 0.1) is 6.57 Å². The van der Waals surface area contributed by atoms with Crippen LogP contribution < -0.4 is 5.32 Å². The maximum absolute atomic E-state index is 12.9. The van der Waals surface area contributed by atoms with Crippen molar-refractivity contribution in [3.63, 3.8) is 0 Å². The zero-order chi connectivity index (χ0) is 30.7. The van der Waals surface area contributed by atoms with Crippen molar-refractivity contribution in [3.05, 3.63) is 60.0 Å². The summed E-state index contributed by atoms with van der Waals surface area (Å²) < 4.78 is 24.0. The van der Waals surface area contributed by atoms with Crippen molar-refractivity contribution < 1.29 is 23.4 Å². The van der Waals surface area contributed by atoms with Crippen molar-refractivity contribution in [1.82, 2.24) is 29.3 Å². The molecule has 4 heterocycles. The summed E-state index contributed by atoms with van der Waals surface area (Å²) in [6, 6.07) is 9.22. The number of likely N-dealkylation sites (N-methyl/N-ethyl adjacent to an activating group) is 1. The Kier molecular flexibility index (Phi) is 9.68. The summed E-state index contributed by atoms with van der Waals surface area (Å²) in [5.74, 6) is 0.00811. The van der Waals surface area contributed by atoms with Gasteiger partial charge in [-0.1, -0.05) is 25.1 Å². The standard InChI is InChI=1S/C29H39N8O5P/c1-8-29-16-35(7)41-23(24(29)42-43(39-15-14-30-6)37(19(2)3)20(4)5)28(40-29)36-18-33-22-25(31-17-32-26(22)36)34-27(38)21-12-10-9-11-13-21/h9-13,17-20,23-24,28H,8,14-16H2,1-5,7H3,(H,31,32,34,38)/t23?,24-,28-,29+,43?/m1/s1. The second kappa shape index (κ2) is 13.3. The molecule has 0 spiro atoms. The number of aromatic nitrogens is 4. The highest BCUT2D eigenvalue weighted by Crippen LogP contribution is 2.55. The first-order valence-corrected chi connectivity index (χ1v) is 15.6. The van der Waals surface area contributed by atoms with Crippen LogP contribution in [0.5, 0.6) is 0 Å².